The largest absolute Gasteiger partial charge is 0.463 e. The fourth-order valence-corrected chi connectivity index (χ4v) is 17.3. The molecule has 10 rings (SSSR count). The number of ether oxygens (including phenoxy) is 11. The van der Waals surface area contributed by atoms with Gasteiger partial charge in [0.25, 0.3) is 0 Å². The molecule has 0 spiro atoms. The summed E-state index contributed by atoms with van der Waals surface area (Å²) >= 11 is 0. The van der Waals surface area contributed by atoms with Gasteiger partial charge in [0.15, 0.2) is 25.2 Å². The molecule has 0 aromatic rings. The highest BCUT2D eigenvalue weighted by atomic mass is 16.8. The van der Waals surface area contributed by atoms with Crippen LogP contribution in [0.15, 0.2) is 23.8 Å². The van der Waals surface area contributed by atoms with Crippen molar-refractivity contribution in [3.63, 3.8) is 0 Å². The lowest BCUT2D eigenvalue weighted by Gasteiger charge is -2.71. The second-order valence-corrected chi connectivity index (χ2v) is 27.9. The van der Waals surface area contributed by atoms with Crippen LogP contribution in [-0.2, 0) is 61.7 Å². The maximum Gasteiger partial charge on any atom is 0.315 e. The van der Waals surface area contributed by atoms with Crippen molar-refractivity contribution < 1.29 is 133 Å². The first-order valence-corrected chi connectivity index (χ1v) is 30.8. The van der Waals surface area contributed by atoms with E-state index in [1.807, 2.05) is 0 Å². The number of carbonyl (C=O) groups is 2. The summed E-state index contributed by atoms with van der Waals surface area (Å²) in [7, 11) is 0. The van der Waals surface area contributed by atoms with Crippen molar-refractivity contribution >= 4 is 11.9 Å². The van der Waals surface area contributed by atoms with E-state index in [-0.39, 0.29) is 35.2 Å². The lowest BCUT2D eigenvalue weighted by Crippen LogP contribution is -2.66. The number of aliphatic hydroxyl groups is 14. The molecule has 27 nitrogen and oxygen atoms in total. The second-order valence-electron chi connectivity index (χ2n) is 27.9. The first-order valence-electron chi connectivity index (χ1n) is 30.8. The van der Waals surface area contributed by atoms with Gasteiger partial charge in [0.2, 0.25) is 6.29 Å². The minimum absolute atomic E-state index is 0.125. The number of carbonyl (C=O) groups excluding carboxylic acids is 2. The molecule has 0 unspecified atom stereocenters. The Bertz CT molecular complexity index is 2480. The lowest BCUT2D eigenvalue weighted by atomic mass is 9.34. The summed E-state index contributed by atoms with van der Waals surface area (Å²) in [5.41, 5.74) is -0.318. The second kappa shape index (κ2) is 25.4. The van der Waals surface area contributed by atoms with Crippen molar-refractivity contribution in [3.8, 4) is 0 Å². The van der Waals surface area contributed by atoms with Crippen molar-refractivity contribution in [2.45, 2.75) is 266 Å². The predicted octanol–water partition coefficient (Wildman–Crippen LogP) is -2.44. The zero-order valence-electron chi connectivity index (χ0n) is 50.4. The molecule has 9 fully saturated rings. The van der Waals surface area contributed by atoms with Gasteiger partial charge < -0.3 is 124 Å². The van der Waals surface area contributed by atoms with E-state index >= 15 is 4.79 Å². The van der Waals surface area contributed by atoms with Crippen LogP contribution in [0.25, 0.3) is 0 Å². The smallest absolute Gasteiger partial charge is 0.315 e. The quantitative estimate of drug-likeness (QED) is 0.0488. The minimum atomic E-state index is -1.92. The van der Waals surface area contributed by atoms with Gasteiger partial charge in [-0.05, 0) is 105 Å². The van der Waals surface area contributed by atoms with Crippen molar-refractivity contribution in [1.82, 2.24) is 0 Å². The van der Waals surface area contributed by atoms with Gasteiger partial charge >= 0.3 is 11.9 Å². The highest BCUT2D eigenvalue weighted by Gasteiger charge is 2.70. The van der Waals surface area contributed by atoms with E-state index in [2.05, 4.69) is 47.3 Å². The Kier molecular flexibility index (Phi) is 19.7. The third-order valence-electron chi connectivity index (χ3n) is 22.8. The van der Waals surface area contributed by atoms with Gasteiger partial charge in [-0.25, -0.2) is 0 Å². The molecule has 5 heterocycles. The van der Waals surface area contributed by atoms with Crippen LogP contribution >= 0.6 is 0 Å². The maximum absolute atomic E-state index is 15.2. The van der Waals surface area contributed by atoms with Crippen molar-refractivity contribution in [1.29, 1.82) is 0 Å². The third-order valence-corrected chi connectivity index (χ3v) is 22.8. The zero-order valence-corrected chi connectivity index (χ0v) is 50.4. The van der Waals surface area contributed by atoms with Crippen LogP contribution in [0.4, 0.5) is 0 Å². The Morgan fingerprint density at radius 3 is 1.90 bits per heavy atom. The molecule has 14 N–H and O–H groups in total. The molecule has 4 saturated carbocycles. The van der Waals surface area contributed by atoms with Crippen molar-refractivity contribution in [2.24, 2.45) is 44.8 Å². The van der Waals surface area contributed by atoms with Crippen molar-refractivity contribution in [2.75, 3.05) is 26.4 Å². The van der Waals surface area contributed by atoms with E-state index in [0.717, 1.165) is 37.3 Å². The van der Waals surface area contributed by atoms with Crippen molar-refractivity contribution in [3.05, 3.63) is 23.8 Å². The van der Waals surface area contributed by atoms with Gasteiger partial charge in [-0.2, -0.15) is 0 Å². The summed E-state index contributed by atoms with van der Waals surface area (Å²) in [5.74, 6) is -1.44. The molecule has 10 aliphatic rings. The Morgan fingerprint density at radius 1 is 0.609 bits per heavy atom. The van der Waals surface area contributed by atoms with Crippen LogP contribution in [0.5, 0.6) is 0 Å². The number of allylic oxidation sites excluding steroid dienone is 3. The van der Waals surface area contributed by atoms with E-state index in [9.17, 15) is 76.3 Å². The number of hydrogen-bond acceptors (Lipinski definition) is 27. The van der Waals surface area contributed by atoms with Gasteiger partial charge in [-0.15, -0.1) is 0 Å². The number of rotatable bonds is 14. The number of fused-ring (bicyclic) bond motifs is 7. The first-order chi connectivity index (χ1) is 40.8. The molecular formula is C60H94O27. The summed E-state index contributed by atoms with van der Waals surface area (Å²) in [6.07, 6.45) is -30.7. The fourth-order valence-electron chi connectivity index (χ4n) is 17.3. The third kappa shape index (κ3) is 11.7. The molecule has 5 aliphatic heterocycles. The first kappa shape index (κ1) is 67.4. The number of aliphatic hydroxyl groups excluding tert-OH is 14. The normalized spacial score (nSPS) is 52.5. The molecule has 496 valence electrons. The molecule has 0 bridgehead atoms. The predicted molar refractivity (Wildman–Crippen MR) is 293 cm³/mol. The number of esters is 2. The van der Waals surface area contributed by atoms with Gasteiger partial charge in [0.1, 0.15) is 116 Å². The zero-order chi connectivity index (χ0) is 63.4. The average Bonchev–Trinajstić information content (AvgIpc) is 0.720. The molecule has 32 atom stereocenters. The Balaban J connectivity index is 0.821. The number of hydrogen-bond donors (Lipinski definition) is 14. The molecule has 0 aromatic heterocycles. The van der Waals surface area contributed by atoms with E-state index in [0.29, 0.717) is 44.9 Å². The summed E-state index contributed by atoms with van der Waals surface area (Å²) in [4.78, 5) is 27.1. The van der Waals surface area contributed by atoms with E-state index < -0.39 is 202 Å². The summed E-state index contributed by atoms with van der Waals surface area (Å²) in [6.45, 7) is 16.1. The van der Waals surface area contributed by atoms with E-state index in [1.165, 1.54) is 6.92 Å². The topological polar surface area (TPSA) is 419 Å². The maximum atomic E-state index is 15.2. The average molecular weight is 1250 g/mol. The van der Waals surface area contributed by atoms with Gasteiger partial charge in [0.05, 0.1) is 37.4 Å². The lowest BCUT2D eigenvalue weighted by molar-refractivity contribution is -0.367. The molecule has 0 amide bonds. The van der Waals surface area contributed by atoms with Crippen LogP contribution in [0.3, 0.4) is 0 Å². The van der Waals surface area contributed by atoms with Crippen LogP contribution in [0.1, 0.15) is 113 Å². The molecular weight excluding hydrogens is 1150 g/mol. The van der Waals surface area contributed by atoms with Crippen LogP contribution in [0.2, 0.25) is 0 Å². The van der Waals surface area contributed by atoms with E-state index in [4.69, 9.17) is 52.1 Å². The van der Waals surface area contributed by atoms with Gasteiger partial charge in [-0.1, -0.05) is 58.4 Å². The van der Waals surface area contributed by atoms with Gasteiger partial charge in [0, 0.05) is 12.8 Å². The SMILES string of the molecule is C=C1CC[C@]2(C(=O)O[C@@H]3O[C@H](CO[C@@H]4O[C@H](COC(C)=O)[C@@H](O[C@@H]5O[C@@H](C)[C@H](O)[C@@H](O)[C@H]5O)[C@H](O)[C@H]4O)[C@@H](O)[C@H](O)[C@H]3O)CC[C@]3(C)C(=CC[C@@H]4[C@@]5(C)CC[C@H](O[C@@H]6OC[C@H](O)[C@H](O)[C@H]6O[C@@H]6O[C@H](CO)[C@@H](O)[C@H](O)[C@H]6O)C(C)(C)[C@@H]5CC[C@]43C)[C@@H]2C1. The Hall–Kier alpha value is -2.50. The van der Waals surface area contributed by atoms with Crippen LogP contribution in [-0.4, -0.2) is 263 Å². The molecule has 5 aliphatic carbocycles. The molecule has 27 heteroatoms. The molecule has 87 heavy (non-hydrogen) atoms. The monoisotopic (exact) mass is 1250 g/mol. The highest BCUT2D eigenvalue weighted by Crippen LogP contribution is 2.75. The Labute approximate surface area is 505 Å². The highest BCUT2D eigenvalue weighted by molar-refractivity contribution is 5.79. The van der Waals surface area contributed by atoms with E-state index in [1.54, 1.807) is 0 Å². The molecule has 5 saturated heterocycles. The van der Waals surface area contributed by atoms with Crippen LogP contribution < -0.4 is 0 Å². The summed E-state index contributed by atoms with van der Waals surface area (Å²) < 4.78 is 64.8. The standard InChI is InChI=1S/C60H94O27/c1-24-11-16-60(55(76)87-53-46(74)42(70)39(67)31(82-53)22-79-50-47(75)43(71)48(32(83-50)23-77-26(3)62)85-51-44(72)40(68)36(64)25(2)80-51)18-17-58(7)27(28(60)19-24)9-10-34-57(6)14-13-35(56(4,5)33(57)12-15-59(34,58)8)84-54-49(37(65)29(63)21-78-54)86-52-45(73)41(69)38(66)30(20-61)81-52/h9,25,28-54,61,63-75H,1,10-23H2,2-8H3/t25-,28-,29-,30+,31+,32+,33-,34+,35-,36-,37-,38+,39+,40+,41-,42-,43+,44+,45+,46+,47+,48+,49+,50+,51-,52-,53-,54-,57-,58+,59+,60-/m0/s1. The molecule has 0 aromatic carbocycles. The Morgan fingerprint density at radius 2 is 1.22 bits per heavy atom. The fraction of sp³-hybridized carbons (Fsp3) is 0.900. The minimum Gasteiger partial charge on any atom is -0.463 e. The summed E-state index contributed by atoms with van der Waals surface area (Å²) in [5, 5.41) is 151. The molecule has 0 radical (unpaired) electrons. The summed E-state index contributed by atoms with van der Waals surface area (Å²) in [6, 6.07) is 0. The van der Waals surface area contributed by atoms with Gasteiger partial charge in [-0.3, -0.25) is 9.59 Å². The van der Waals surface area contributed by atoms with Crippen LogP contribution in [0, 0.1) is 44.8 Å².